The van der Waals surface area contributed by atoms with Crippen molar-refractivity contribution in [1.29, 1.82) is 5.26 Å². The molecule has 3 rings (SSSR count). The first-order valence-electron chi connectivity index (χ1n) is 12.1. The predicted octanol–water partition coefficient (Wildman–Crippen LogP) is 5.16. The third-order valence-corrected chi connectivity index (χ3v) is 5.56. The summed E-state index contributed by atoms with van der Waals surface area (Å²) in [5, 5.41) is 17.9. The van der Waals surface area contributed by atoms with Gasteiger partial charge in [-0.3, -0.25) is 0 Å². The molecule has 0 atom stereocenters. The van der Waals surface area contributed by atoms with E-state index in [0.717, 1.165) is 6.08 Å². The molecule has 3 aromatic carbocycles. The Morgan fingerprint density at radius 3 is 2.33 bits per heavy atom. The van der Waals surface area contributed by atoms with Crippen LogP contribution in [0.25, 0.3) is 6.08 Å². The van der Waals surface area contributed by atoms with Crippen LogP contribution in [0, 0.1) is 11.3 Å². The molecule has 40 heavy (non-hydrogen) atoms. The molecule has 5 N–H and O–H groups in total. The number of anilines is 2. The summed E-state index contributed by atoms with van der Waals surface area (Å²) in [7, 11) is 0. The van der Waals surface area contributed by atoms with Crippen LogP contribution < -0.4 is 20.9 Å². The third kappa shape index (κ3) is 8.46. The van der Waals surface area contributed by atoms with Gasteiger partial charge in [0.15, 0.2) is 0 Å². The number of carbonyl (C=O) groups is 2. The van der Waals surface area contributed by atoms with Crippen LogP contribution in [0.1, 0.15) is 39.9 Å². The summed E-state index contributed by atoms with van der Waals surface area (Å²) in [6.07, 6.45) is -0.0562. The molecule has 9 nitrogen and oxygen atoms in total. The number of carboxylic acid groups (broad SMARTS) is 1. The molecule has 0 aliphatic rings. The molecule has 0 aliphatic heterocycles. The first kappa shape index (κ1) is 29.4. The first-order chi connectivity index (χ1) is 19.1. The van der Waals surface area contributed by atoms with Gasteiger partial charge in [0.05, 0.1) is 30.4 Å². The Morgan fingerprint density at radius 2 is 1.68 bits per heavy atom. The van der Waals surface area contributed by atoms with Gasteiger partial charge in [-0.2, -0.15) is 14.0 Å². The van der Waals surface area contributed by atoms with Gasteiger partial charge in [0.2, 0.25) is 0 Å². The summed E-state index contributed by atoms with van der Waals surface area (Å²) in [5.74, 6) is -1.56. The molecule has 3 aromatic rings. The number of carbonyl (C=O) groups excluding carboxylic acids is 1. The van der Waals surface area contributed by atoms with E-state index in [1.165, 1.54) is 66.7 Å². The number of nitrogens with two attached hydrogens (primary N) is 2. The minimum Gasteiger partial charge on any atom is -0.494 e. The van der Waals surface area contributed by atoms with Crippen LogP contribution in [0.3, 0.4) is 0 Å². The number of nitrogen functional groups attached to an aromatic ring is 2. The summed E-state index contributed by atoms with van der Waals surface area (Å²) in [6, 6.07) is 15.6. The Bertz CT molecular complexity index is 1400. The lowest BCUT2D eigenvalue weighted by molar-refractivity contribution is -0.185. The highest BCUT2D eigenvalue weighted by Gasteiger charge is 2.34. The maximum Gasteiger partial charge on any atom is 0.426 e. The molecule has 0 saturated carbocycles. The Balaban J connectivity index is 1.51. The molecule has 0 saturated heterocycles. The molecule has 0 bridgehead atoms. The number of ether oxygens (including phenoxy) is 3. The van der Waals surface area contributed by atoms with E-state index < -0.39 is 18.0 Å². The number of hydrogen-bond donors (Lipinski definition) is 3. The number of esters is 1. The second-order valence-electron chi connectivity index (χ2n) is 8.51. The van der Waals surface area contributed by atoms with Gasteiger partial charge < -0.3 is 30.8 Å². The third-order valence-electron chi connectivity index (χ3n) is 5.56. The van der Waals surface area contributed by atoms with E-state index in [2.05, 4.69) is 0 Å². The Morgan fingerprint density at radius 1 is 1.00 bits per heavy atom. The quantitative estimate of drug-likeness (QED) is 0.113. The van der Waals surface area contributed by atoms with Crippen molar-refractivity contribution in [2.24, 2.45) is 0 Å². The predicted molar refractivity (Wildman–Crippen MR) is 144 cm³/mol. The Labute approximate surface area is 229 Å². The number of benzene rings is 3. The molecule has 0 aliphatic carbocycles. The smallest absolute Gasteiger partial charge is 0.426 e. The summed E-state index contributed by atoms with van der Waals surface area (Å²) in [6.45, 7) is 0.193. The maximum absolute atomic E-state index is 14.6. The normalized spacial score (nSPS) is 11.1. The number of hydrogen-bond acceptors (Lipinski definition) is 8. The van der Waals surface area contributed by atoms with Crippen molar-refractivity contribution >= 4 is 29.4 Å². The minimum absolute atomic E-state index is 0.0636. The fourth-order valence-corrected chi connectivity index (χ4v) is 3.59. The number of aromatic carboxylic acids is 1. The van der Waals surface area contributed by atoms with Crippen LogP contribution in [-0.4, -0.2) is 30.3 Å². The molecule has 0 amide bonds. The van der Waals surface area contributed by atoms with Gasteiger partial charge in [-0.15, -0.1) is 0 Å². The summed E-state index contributed by atoms with van der Waals surface area (Å²) in [5.41, 5.74) is 12.3. The first-order valence-corrected chi connectivity index (χ1v) is 12.1. The second kappa shape index (κ2) is 13.6. The molecule has 11 heteroatoms. The van der Waals surface area contributed by atoms with Crippen molar-refractivity contribution in [3.05, 3.63) is 89.0 Å². The van der Waals surface area contributed by atoms with E-state index in [1.54, 1.807) is 0 Å². The average Bonchev–Trinajstić information content (AvgIpc) is 2.91. The zero-order valence-corrected chi connectivity index (χ0v) is 21.3. The van der Waals surface area contributed by atoms with Crippen molar-refractivity contribution < 1.29 is 37.7 Å². The lowest BCUT2D eigenvalue weighted by atomic mass is 10.0. The van der Waals surface area contributed by atoms with Crippen LogP contribution in [-0.2, 0) is 22.1 Å². The van der Waals surface area contributed by atoms with Gasteiger partial charge in [-0.1, -0.05) is 12.1 Å². The van der Waals surface area contributed by atoms with E-state index in [9.17, 15) is 23.5 Å². The Kier molecular flexibility index (Phi) is 10.0. The molecule has 0 heterocycles. The molecule has 0 radical (unpaired) electrons. The van der Waals surface area contributed by atoms with Crippen LogP contribution in [0.4, 0.5) is 20.2 Å². The lowest BCUT2D eigenvalue weighted by Crippen LogP contribution is -2.21. The highest BCUT2D eigenvalue weighted by atomic mass is 19.3. The molecule has 0 spiro atoms. The maximum atomic E-state index is 14.6. The number of alkyl halides is 2. The zero-order valence-electron chi connectivity index (χ0n) is 21.3. The van der Waals surface area contributed by atoms with Crippen molar-refractivity contribution in [3.63, 3.8) is 0 Å². The number of carboxylic acids is 1. The second-order valence-corrected chi connectivity index (χ2v) is 8.51. The molecule has 0 unspecified atom stereocenters. The highest BCUT2D eigenvalue weighted by Crippen LogP contribution is 2.32. The highest BCUT2D eigenvalue weighted by molar-refractivity contribution is 5.92. The van der Waals surface area contributed by atoms with Crippen LogP contribution in [0.2, 0.25) is 0 Å². The fraction of sp³-hybridized carbons (Fsp3) is 0.207. The largest absolute Gasteiger partial charge is 0.494 e. The number of nitriles is 1. The van der Waals surface area contributed by atoms with Crippen LogP contribution >= 0.6 is 0 Å². The number of halogens is 2. The summed E-state index contributed by atoms with van der Waals surface area (Å²) < 4.78 is 44.6. The number of unbranched alkanes of at least 4 members (excludes halogenated alkanes) is 1. The molecule has 208 valence electrons. The number of rotatable bonds is 13. The molecule has 0 fully saturated rings. The van der Waals surface area contributed by atoms with E-state index in [0.29, 0.717) is 36.3 Å². The van der Waals surface area contributed by atoms with Crippen molar-refractivity contribution in [2.45, 2.75) is 25.4 Å². The zero-order chi connectivity index (χ0) is 29.1. The molecular weight excluding hydrogens is 524 g/mol. The lowest BCUT2D eigenvalue weighted by Gasteiger charge is -2.18. The monoisotopic (exact) mass is 551 g/mol. The van der Waals surface area contributed by atoms with Crippen molar-refractivity contribution in [2.75, 3.05) is 24.7 Å². The van der Waals surface area contributed by atoms with Gasteiger partial charge in [-0.05, 0) is 72.2 Å². The van der Waals surface area contributed by atoms with Gasteiger partial charge in [0.1, 0.15) is 11.5 Å². The van der Waals surface area contributed by atoms with Gasteiger partial charge >= 0.3 is 18.0 Å². The average molecular weight is 552 g/mol. The van der Waals surface area contributed by atoms with E-state index in [1.807, 2.05) is 6.07 Å². The Hall–Kier alpha value is -5.11. The fourth-order valence-electron chi connectivity index (χ4n) is 3.59. The molecular formula is C29H27F2N3O6. The molecule has 0 aromatic heterocycles. The van der Waals surface area contributed by atoms with Crippen LogP contribution in [0.5, 0.6) is 11.5 Å². The summed E-state index contributed by atoms with van der Waals surface area (Å²) in [4.78, 5) is 23.5. The minimum atomic E-state index is -3.60. The van der Waals surface area contributed by atoms with Crippen molar-refractivity contribution in [1.82, 2.24) is 0 Å². The summed E-state index contributed by atoms with van der Waals surface area (Å²) >= 11 is 0. The van der Waals surface area contributed by atoms with Crippen molar-refractivity contribution in [3.8, 4) is 17.6 Å². The van der Waals surface area contributed by atoms with Gasteiger partial charge in [-0.25, -0.2) is 9.59 Å². The van der Waals surface area contributed by atoms with Gasteiger partial charge in [0, 0.05) is 30.3 Å². The SMILES string of the molecule is N#CCCCOc1ccc(C(F)(F)Oc2ccc(C=CC(=O)OCCc3c(N)cc(N)cc3C(=O)O)cc2)cc1. The van der Waals surface area contributed by atoms with Crippen LogP contribution in [0.15, 0.2) is 66.7 Å². The van der Waals surface area contributed by atoms with E-state index in [-0.39, 0.29) is 41.3 Å². The van der Waals surface area contributed by atoms with E-state index >= 15 is 0 Å². The number of nitrogens with zero attached hydrogens (tertiary/aromatic N) is 1. The standard InChI is InChI=1S/C29H27F2N3O6/c30-29(31,20-6-10-22(11-7-20)38-15-2-1-14-32)40-23-8-3-19(4-9-23)5-12-27(35)39-16-13-24-25(28(36)37)17-21(33)18-26(24)34/h3-12,17-18H,1-2,13,15-16,33-34H2,(H,36,37). The topological polar surface area (TPSA) is 158 Å². The van der Waals surface area contributed by atoms with Gasteiger partial charge in [0.25, 0.3) is 0 Å². The van der Waals surface area contributed by atoms with E-state index in [4.69, 9.17) is 30.9 Å².